The predicted molar refractivity (Wildman–Crippen MR) is 75.4 cm³/mol. The lowest BCUT2D eigenvalue weighted by Crippen LogP contribution is -1.95. The van der Waals surface area contributed by atoms with Crippen molar-refractivity contribution in [3.8, 4) is 5.75 Å². The van der Waals surface area contributed by atoms with Crippen molar-refractivity contribution in [2.24, 2.45) is 0 Å². The van der Waals surface area contributed by atoms with Crippen LogP contribution in [-0.4, -0.2) is 4.98 Å². The maximum absolute atomic E-state index is 5.64. The molecule has 1 heterocycles. The van der Waals surface area contributed by atoms with Crippen LogP contribution in [0.4, 0.5) is 0 Å². The van der Waals surface area contributed by atoms with Crippen LogP contribution in [0.25, 0.3) is 0 Å². The SMILES string of the molecule is Brc1cncc(COc2ccc(I)cc2)c1. The molecule has 2 nitrogen and oxygen atoms in total. The summed E-state index contributed by atoms with van der Waals surface area (Å²) in [6.45, 7) is 0.535. The zero-order valence-corrected chi connectivity index (χ0v) is 12.1. The van der Waals surface area contributed by atoms with E-state index in [4.69, 9.17) is 4.74 Å². The minimum atomic E-state index is 0.535. The monoisotopic (exact) mass is 389 g/mol. The number of pyridine rings is 1. The van der Waals surface area contributed by atoms with E-state index in [0.29, 0.717) is 6.61 Å². The van der Waals surface area contributed by atoms with Gasteiger partial charge in [0.15, 0.2) is 0 Å². The molecular formula is C12H9BrINO. The number of hydrogen-bond acceptors (Lipinski definition) is 2. The van der Waals surface area contributed by atoms with Gasteiger partial charge in [0.05, 0.1) is 0 Å². The summed E-state index contributed by atoms with van der Waals surface area (Å²) in [7, 11) is 0. The highest BCUT2D eigenvalue weighted by Gasteiger charge is 1.97. The van der Waals surface area contributed by atoms with Crippen molar-refractivity contribution >= 4 is 38.5 Å². The minimum Gasteiger partial charge on any atom is -0.489 e. The molecule has 0 radical (unpaired) electrons. The lowest BCUT2D eigenvalue weighted by atomic mass is 10.3. The molecule has 0 bridgehead atoms. The first-order chi connectivity index (χ1) is 7.74. The maximum atomic E-state index is 5.64. The van der Waals surface area contributed by atoms with Crippen LogP contribution in [0.15, 0.2) is 47.2 Å². The van der Waals surface area contributed by atoms with E-state index in [1.54, 1.807) is 12.4 Å². The molecule has 0 amide bonds. The van der Waals surface area contributed by atoms with E-state index in [2.05, 4.69) is 43.5 Å². The molecule has 82 valence electrons. The van der Waals surface area contributed by atoms with Gasteiger partial charge in [-0.1, -0.05) is 0 Å². The van der Waals surface area contributed by atoms with Gasteiger partial charge < -0.3 is 4.74 Å². The number of ether oxygens (including phenoxy) is 1. The number of aromatic nitrogens is 1. The molecule has 0 saturated heterocycles. The van der Waals surface area contributed by atoms with Crippen molar-refractivity contribution in [2.75, 3.05) is 0 Å². The zero-order chi connectivity index (χ0) is 11.4. The van der Waals surface area contributed by atoms with Crippen molar-refractivity contribution < 1.29 is 4.74 Å². The molecule has 0 N–H and O–H groups in total. The Morgan fingerprint density at radius 2 is 1.94 bits per heavy atom. The fourth-order valence-corrected chi connectivity index (χ4v) is 2.00. The second-order valence-corrected chi connectivity index (χ2v) is 5.42. The molecule has 0 aliphatic carbocycles. The molecule has 0 saturated carbocycles. The molecule has 0 spiro atoms. The Bertz CT molecular complexity index is 473. The van der Waals surface area contributed by atoms with E-state index < -0.39 is 0 Å². The summed E-state index contributed by atoms with van der Waals surface area (Å²) in [4.78, 5) is 4.08. The van der Waals surface area contributed by atoms with Crippen LogP contribution in [0, 0.1) is 3.57 Å². The van der Waals surface area contributed by atoms with Crippen LogP contribution in [0.5, 0.6) is 5.75 Å². The highest BCUT2D eigenvalue weighted by atomic mass is 127. The van der Waals surface area contributed by atoms with Gasteiger partial charge in [-0.15, -0.1) is 0 Å². The largest absolute Gasteiger partial charge is 0.489 e. The van der Waals surface area contributed by atoms with Crippen molar-refractivity contribution in [2.45, 2.75) is 6.61 Å². The summed E-state index contributed by atoms with van der Waals surface area (Å²) >= 11 is 5.65. The quantitative estimate of drug-likeness (QED) is 0.739. The van der Waals surface area contributed by atoms with Gasteiger partial charge in [0.25, 0.3) is 0 Å². The van der Waals surface area contributed by atoms with Crippen molar-refractivity contribution in [3.63, 3.8) is 0 Å². The standard InChI is InChI=1S/C12H9BrINO/c13-10-5-9(6-15-7-10)8-16-12-3-1-11(14)2-4-12/h1-7H,8H2. The summed E-state index contributed by atoms with van der Waals surface area (Å²) in [5, 5.41) is 0. The summed E-state index contributed by atoms with van der Waals surface area (Å²) in [6, 6.07) is 9.98. The third-order valence-corrected chi connectivity index (χ3v) is 3.13. The molecular weight excluding hydrogens is 381 g/mol. The number of halogens is 2. The van der Waals surface area contributed by atoms with E-state index in [9.17, 15) is 0 Å². The van der Waals surface area contributed by atoms with Crippen LogP contribution in [0.1, 0.15) is 5.56 Å². The lowest BCUT2D eigenvalue weighted by molar-refractivity contribution is 0.305. The van der Waals surface area contributed by atoms with Gasteiger partial charge in [-0.05, 0) is 68.9 Å². The van der Waals surface area contributed by atoms with E-state index in [-0.39, 0.29) is 0 Å². The summed E-state index contributed by atoms with van der Waals surface area (Å²) in [6.07, 6.45) is 3.56. The Hall–Kier alpha value is -0.620. The number of benzene rings is 1. The van der Waals surface area contributed by atoms with Gasteiger partial charge in [0.2, 0.25) is 0 Å². The van der Waals surface area contributed by atoms with E-state index in [0.717, 1.165) is 15.8 Å². The highest BCUT2D eigenvalue weighted by molar-refractivity contribution is 14.1. The number of rotatable bonds is 3. The first kappa shape index (κ1) is 11.9. The minimum absolute atomic E-state index is 0.535. The maximum Gasteiger partial charge on any atom is 0.119 e. The first-order valence-corrected chi connectivity index (χ1v) is 6.59. The Morgan fingerprint density at radius 3 is 2.62 bits per heavy atom. The predicted octanol–water partition coefficient (Wildman–Crippen LogP) is 4.03. The third kappa shape index (κ3) is 3.45. The van der Waals surface area contributed by atoms with Crippen molar-refractivity contribution in [1.29, 1.82) is 0 Å². The number of nitrogens with zero attached hydrogens (tertiary/aromatic N) is 1. The lowest BCUT2D eigenvalue weighted by Gasteiger charge is -2.06. The molecule has 4 heteroatoms. The second kappa shape index (κ2) is 5.63. The molecule has 16 heavy (non-hydrogen) atoms. The van der Waals surface area contributed by atoms with Gasteiger partial charge in [-0.2, -0.15) is 0 Å². The molecule has 0 aliphatic heterocycles. The van der Waals surface area contributed by atoms with Gasteiger partial charge in [0, 0.05) is 26.0 Å². The normalized spacial score (nSPS) is 10.1. The Balaban J connectivity index is 1.99. The first-order valence-electron chi connectivity index (χ1n) is 4.72. The molecule has 0 atom stereocenters. The average Bonchev–Trinajstić information content (AvgIpc) is 2.28. The fraction of sp³-hybridized carbons (Fsp3) is 0.0833. The Labute approximate surface area is 116 Å². The van der Waals surface area contributed by atoms with Gasteiger partial charge >= 0.3 is 0 Å². The van der Waals surface area contributed by atoms with Crippen LogP contribution < -0.4 is 4.74 Å². The fourth-order valence-electron chi connectivity index (χ4n) is 1.23. The molecule has 0 fully saturated rings. The van der Waals surface area contributed by atoms with E-state index in [1.807, 2.05) is 30.3 Å². The molecule has 1 aromatic heterocycles. The summed E-state index contributed by atoms with van der Waals surface area (Å²) in [5.41, 5.74) is 1.05. The Morgan fingerprint density at radius 1 is 1.19 bits per heavy atom. The highest BCUT2D eigenvalue weighted by Crippen LogP contribution is 2.16. The van der Waals surface area contributed by atoms with E-state index in [1.165, 1.54) is 3.57 Å². The van der Waals surface area contributed by atoms with Crippen LogP contribution in [0.3, 0.4) is 0 Å². The van der Waals surface area contributed by atoms with Gasteiger partial charge in [-0.25, -0.2) is 0 Å². The van der Waals surface area contributed by atoms with Gasteiger partial charge in [-0.3, -0.25) is 4.98 Å². The van der Waals surface area contributed by atoms with Gasteiger partial charge in [0.1, 0.15) is 12.4 Å². The third-order valence-electron chi connectivity index (χ3n) is 1.98. The smallest absolute Gasteiger partial charge is 0.119 e. The molecule has 2 rings (SSSR count). The summed E-state index contributed by atoms with van der Waals surface area (Å²) in [5.74, 6) is 0.875. The zero-order valence-electron chi connectivity index (χ0n) is 8.36. The van der Waals surface area contributed by atoms with Crippen molar-refractivity contribution in [1.82, 2.24) is 4.98 Å². The number of hydrogen-bond donors (Lipinski definition) is 0. The molecule has 0 unspecified atom stereocenters. The molecule has 2 aromatic rings. The molecule has 0 aliphatic rings. The summed E-state index contributed by atoms with van der Waals surface area (Å²) < 4.78 is 7.81. The van der Waals surface area contributed by atoms with Crippen LogP contribution in [-0.2, 0) is 6.61 Å². The average molecular weight is 390 g/mol. The molecule has 1 aromatic carbocycles. The Kier molecular flexibility index (Phi) is 4.17. The van der Waals surface area contributed by atoms with E-state index >= 15 is 0 Å². The van der Waals surface area contributed by atoms with Crippen LogP contribution >= 0.6 is 38.5 Å². The second-order valence-electron chi connectivity index (χ2n) is 3.25. The van der Waals surface area contributed by atoms with Crippen LogP contribution in [0.2, 0.25) is 0 Å². The topological polar surface area (TPSA) is 22.1 Å². The van der Waals surface area contributed by atoms with Crippen molar-refractivity contribution in [3.05, 3.63) is 56.3 Å².